The first-order chi connectivity index (χ1) is 24.9. The van der Waals surface area contributed by atoms with Gasteiger partial charge in [0.25, 0.3) is 0 Å². The summed E-state index contributed by atoms with van der Waals surface area (Å²) in [4.78, 5) is 18.6. The summed E-state index contributed by atoms with van der Waals surface area (Å²) in [5.41, 5.74) is 4.84. The minimum absolute atomic E-state index is 0.0918. The first-order valence-electron chi connectivity index (χ1n) is 16.8. The van der Waals surface area contributed by atoms with Crippen LogP contribution in [-0.2, 0) is 32.2 Å². The third kappa shape index (κ3) is 6.04. The molecule has 1 spiro atoms. The summed E-state index contributed by atoms with van der Waals surface area (Å²) < 4.78 is 21.0. The molecular weight excluding hydrogens is 644 g/mol. The number of fused-ring (bicyclic) bond motifs is 3. The van der Waals surface area contributed by atoms with Crippen molar-refractivity contribution in [2.45, 2.75) is 38.0 Å². The van der Waals surface area contributed by atoms with Gasteiger partial charge in [0.1, 0.15) is 40.2 Å². The van der Waals surface area contributed by atoms with E-state index in [0.717, 1.165) is 54.4 Å². The number of nitrogens with zero attached hydrogens (tertiary/aromatic N) is 9. The third-order valence-electron chi connectivity index (χ3n) is 9.91. The van der Waals surface area contributed by atoms with Gasteiger partial charge in [0, 0.05) is 45.0 Å². The van der Waals surface area contributed by atoms with Gasteiger partial charge in [0.2, 0.25) is 5.95 Å². The van der Waals surface area contributed by atoms with Gasteiger partial charge >= 0.3 is 0 Å². The fourth-order valence-electron chi connectivity index (χ4n) is 6.88. The minimum Gasteiger partial charge on any atom is -0.497 e. The maximum Gasteiger partial charge on any atom is 0.210 e. The highest BCUT2D eigenvalue weighted by atomic mass is 16.5. The number of benzene rings is 2. The lowest BCUT2D eigenvalue weighted by molar-refractivity contribution is 0.168. The van der Waals surface area contributed by atoms with E-state index in [1.165, 1.54) is 5.69 Å². The van der Waals surface area contributed by atoms with Crippen molar-refractivity contribution in [3.8, 4) is 29.1 Å². The van der Waals surface area contributed by atoms with E-state index in [1.807, 2.05) is 66.2 Å². The lowest BCUT2D eigenvalue weighted by Crippen LogP contribution is -2.41. The van der Waals surface area contributed by atoms with Gasteiger partial charge in [0.15, 0.2) is 17.2 Å². The highest BCUT2D eigenvalue weighted by Crippen LogP contribution is 2.52. The molecule has 1 N–H and O–H groups in total. The summed E-state index contributed by atoms with van der Waals surface area (Å²) in [5, 5.41) is 18.6. The summed E-state index contributed by atoms with van der Waals surface area (Å²) in [6.07, 6.45) is 5.53. The van der Waals surface area contributed by atoms with Crippen LogP contribution in [0.1, 0.15) is 35.2 Å². The van der Waals surface area contributed by atoms with Crippen molar-refractivity contribution in [2.24, 2.45) is 7.05 Å². The summed E-state index contributed by atoms with van der Waals surface area (Å²) in [6.45, 7) is 2.99. The van der Waals surface area contributed by atoms with Crippen molar-refractivity contribution in [1.29, 1.82) is 5.26 Å². The topological polar surface area (TPSA) is 131 Å². The molecule has 0 bridgehead atoms. The molecule has 8 rings (SSSR count). The van der Waals surface area contributed by atoms with Gasteiger partial charge in [-0.1, -0.05) is 24.3 Å². The number of hydrogen-bond acceptors (Lipinski definition) is 11. The van der Waals surface area contributed by atoms with Crippen molar-refractivity contribution < 1.29 is 14.2 Å². The van der Waals surface area contributed by atoms with E-state index in [2.05, 4.69) is 44.0 Å². The van der Waals surface area contributed by atoms with E-state index in [0.29, 0.717) is 53.1 Å². The molecule has 0 atom stereocenters. The molecule has 1 fully saturated rings. The molecule has 6 aromatic rings. The Kier molecular flexibility index (Phi) is 8.16. The average Bonchev–Trinajstić information content (AvgIpc) is 3.75. The van der Waals surface area contributed by atoms with Crippen LogP contribution in [0, 0.1) is 11.3 Å². The van der Waals surface area contributed by atoms with Crippen LogP contribution in [0.5, 0.6) is 23.0 Å². The van der Waals surface area contributed by atoms with Gasteiger partial charge in [-0.25, -0.2) is 9.97 Å². The van der Waals surface area contributed by atoms with E-state index in [1.54, 1.807) is 32.7 Å². The lowest BCUT2D eigenvalue weighted by atomic mass is 10.1. The number of methoxy groups -OCH3 is 2. The molecule has 5 heterocycles. The fraction of sp³-hybridized carbons (Fsp3) is 0.289. The van der Waals surface area contributed by atoms with Crippen molar-refractivity contribution in [1.82, 2.24) is 34.2 Å². The molecular formula is C38H38N10O3. The van der Waals surface area contributed by atoms with Crippen LogP contribution >= 0.6 is 0 Å². The zero-order valence-corrected chi connectivity index (χ0v) is 29.0. The molecule has 0 unspecified atom stereocenters. The average molecular weight is 683 g/mol. The Hall–Kier alpha value is -6.13. The number of hydrogen-bond donors (Lipinski definition) is 1. The largest absolute Gasteiger partial charge is 0.497 e. The minimum atomic E-state index is 0.0918. The number of anilines is 3. The van der Waals surface area contributed by atoms with Crippen LogP contribution in [0.25, 0.3) is 11.2 Å². The number of ether oxygens (including phenoxy) is 3. The third-order valence-corrected chi connectivity index (χ3v) is 9.91. The second-order valence-electron chi connectivity index (χ2n) is 13.0. The smallest absolute Gasteiger partial charge is 0.210 e. The van der Waals surface area contributed by atoms with E-state index >= 15 is 0 Å². The highest BCUT2D eigenvalue weighted by Gasteiger charge is 2.52. The van der Waals surface area contributed by atoms with Crippen LogP contribution < -0.4 is 24.4 Å². The van der Waals surface area contributed by atoms with E-state index in [4.69, 9.17) is 29.3 Å². The summed E-state index contributed by atoms with van der Waals surface area (Å²) in [7, 11) is 7.36. The van der Waals surface area contributed by atoms with Crippen LogP contribution in [0.4, 0.5) is 17.6 Å². The number of imidazole rings is 1. The van der Waals surface area contributed by atoms with Gasteiger partial charge < -0.3 is 29.0 Å². The Morgan fingerprint density at radius 2 is 1.57 bits per heavy atom. The molecule has 13 nitrogen and oxygen atoms in total. The molecule has 2 aliphatic rings. The van der Waals surface area contributed by atoms with Crippen LogP contribution in [0.15, 0.2) is 79.1 Å². The second kappa shape index (κ2) is 13.0. The van der Waals surface area contributed by atoms with Crippen LogP contribution in [0.2, 0.25) is 0 Å². The molecule has 1 aliphatic heterocycles. The molecule has 0 amide bonds. The van der Waals surface area contributed by atoms with Crippen LogP contribution in [0.3, 0.4) is 0 Å². The molecule has 1 saturated carbocycles. The highest BCUT2D eigenvalue weighted by molar-refractivity contribution is 5.84. The summed E-state index contributed by atoms with van der Waals surface area (Å²) in [6, 6.07) is 24.1. The Morgan fingerprint density at radius 3 is 2.20 bits per heavy atom. The molecule has 1 aliphatic carbocycles. The number of aromatic nitrogens is 6. The number of nitrogens with one attached hydrogen (secondary N) is 1. The normalized spacial score (nSPS) is 14.6. The SMILES string of the molecule is COc1ccc(CN(Cc2ccc(OC)cc2)c2cc(Oc3cnc4nc(Nc5cc6n(n5)CCN(C)C65CC5)n(C)c4c3C#N)ccn2)cc1. The molecule has 13 heteroatoms. The molecule has 2 aromatic carbocycles. The monoisotopic (exact) mass is 682 g/mol. The molecule has 4 aromatic heterocycles. The van der Waals surface area contributed by atoms with Gasteiger partial charge in [0.05, 0.1) is 38.2 Å². The van der Waals surface area contributed by atoms with E-state index in [-0.39, 0.29) is 5.54 Å². The predicted molar refractivity (Wildman–Crippen MR) is 192 cm³/mol. The Balaban J connectivity index is 1.07. The quantitative estimate of drug-likeness (QED) is 0.169. The molecule has 0 radical (unpaired) electrons. The van der Waals surface area contributed by atoms with Gasteiger partial charge in [-0.2, -0.15) is 15.3 Å². The molecule has 258 valence electrons. The first kappa shape index (κ1) is 32.1. The van der Waals surface area contributed by atoms with E-state index < -0.39 is 0 Å². The maximum atomic E-state index is 10.4. The fourth-order valence-corrected chi connectivity index (χ4v) is 6.88. The second-order valence-corrected chi connectivity index (χ2v) is 13.0. The molecule has 51 heavy (non-hydrogen) atoms. The van der Waals surface area contributed by atoms with Crippen molar-refractivity contribution >= 4 is 28.7 Å². The number of nitriles is 1. The lowest BCUT2D eigenvalue weighted by Gasteiger charge is -2.33. The number of likely N-dealkylation sites (N-methyl/N-ethyl adjacent to an activating group) is 1. The zero-order chi connectivity index (χ0) is 35.1. The Bertz CT molecular complexity index is 2200. The first-order valence-corrected chi connectivity index (χ1v) is 16.8. The van der Waals surface area contributed by atoms with Crippen molar-refractivity contribution in [3.05, 3.63) is 102 Å². The maximum absolute atomic E-state index is 10.4. The van der Waals surface area contributed by atoms with Crippen LogP contribution in [-0.4, -0.2) is 62.0 Å². The van der Waals surface area contributed by atoms with Gasteiger partial charge in [-0.15, -0.1) is 0 Å². The number of aryl methyl sites for hydroxylation is 1. The van der Waals surface area contributed by atoms with Crippen molar-refractivity contribution in [2.75, 3.05) is 38.0 Å². The zero-order valence-electron chi connectivity index (χ0n) is 29.0. The van der Waals surface area contributed by atoms with E-state index in [9.17, 15) is 5.26 Å². The Morgan fingerprint density at radius 1 is 0.882 bits per heavy atom. The van der Waals surface area contributed by atoms with Gasteiger partial charge in [-0.05, 0) is 61.3 Å². The summed E-state index contributed by atoms with van der Waals surface area (Å²) >= 11 is 0. The molecule has 0 saturated heterocycles. The number of rotatable bonds is 11. The number of pyridine rings is 2. The summed E-state index contributed by atoms with van der Waals surface area (Å²) in [5.74, 6) is 4.41. The van der Waals surface area contributed by atoms with Crippen molar-refractivity contribution in [3.63, 3.8) is 0 Å². The van der Waals surface area contributed by atoms with Gasteiger partial charge in [-0.3, -0.25) is 9.58 Å². The predicted octanol–water partition coefficient (Wildman–Crippen LogP) is 6.13. The Labute approximate surface area is 295 Å². The standard InChI is InChI=1S/C38H38N10O3/c1-45-17-18-48-32(38(45)14-15-38)20-33(44-48)42-37-43-36-35(46(37)2)30(21-39)31(22-41-36)51-29-13-16-40-34(19-29)47(23-25-5-9-27(49-3)10-6-25)24-26-7-11-28(50-4)12-8-26/h5-13,16,19-20,22H,14-15,17-18,23-24H2,1-4H3,(H,41,42,43,44).